The van der Waals surface area contributed by atoms with Gasteiger partial charge in [0.2, 0.25) is 0 Å². The van der Waals surface area contributed by atoms with E-state index in [1.807, 2.05) is 19.2 Å². The average Bonchev–Trinajstić information content (AvgIpc) is 2.34. The number of nitrogens with zero attached hydrogens (tertiary/aromatic N) is 1. The zero-order valence-electron chi connectivity index (χ0n) is 11.0. The molecule has 1 saturated heterocycles. The number of halogens is 1. The minimum Gasteiger partial charge on any atom is -0.393 e. The summed E-state index contributed by atoms with van der Waals surface area (Å²) >= 11 is 6.35. The third-order valence-electron chi connectivity index (χ3n) is 3.61. The Hall–Kier alpha value is -0.770. The average molecular weight is 269 g/mol. The molecule has 0 saturated carbocycles. The number of aliphatic hydroxyl groups excluding tert-OH is 1. The number of benzene rings is 1. The zero-order chi connectivity index (χ0) is 13.1. The Balaban J connectivity index is 2.26. The maximum atomic E-state index is 9.81. The quantitative estimate of drug-likeness (QED) is 0.883. The number of rotatable bonds is 3. The van der Waals surface area contributed by atoms with E-state index < -0.39 is 0 Å². The van der Waals surface area contributed by atoms with Crippen LogP contribution in [-0.4, -0.2) is 31.3 Å². The Morgan fingerprint density at radius 3 is 2.94 bits per heavy atom. The molecule has 2 rings (SSSR count). The lowest BCUT2D eigenvalue weighted by Gasteiger charge is -2.37. The summed E-state index contributed by atoms with van der Waals surface area (Å²) in [6.07, 6.45) is 0.627. The molecule has 1 heterocycles. The van der Waals surface area contributed by atoms with Crippen LogP contribution in [0.3, 0.4) is 0 Å². The molecule has 0 spiro atoms. The van der Waals surface area contributed by atoms with Gasteiger partial charge in [-0.05, 0) is 31.0 Å². The number of aliphatic hydroxyl groups is 1. The molecule has 1 aromatic carbocycles. The molecule has 100 valence electrons. The lowest BCUT2D eigenvalue weighted by Crippen LogP contribution is -2.42. The number of hydrogen-bond donors (Lipinski definition) is 2. The van der Waals surface area contributed by atoms with Gasteiger partial charge >= 0.3 is 0 Å². The van der Waals surface area contributed by atoms with Gasteiger partial charge in [0.15, 0.2) is 0 Å². The van der Waals surface area contributed by atoms with Gasteiger partial charge in [-0.1, -0.05) is 30.7 Å². The predicted molar refractivity (Wildman–Crippen MR) is 76.2 cm³/mol. The van der Waals surface area contributed by atoms with E-state index in [4.69, 9.17) is 11.6 Å². The summed E-state index contributed by atoms with van der Waals surface area (Å²) in [5, 5.41) is 13.8. The molecular weight excluding hydrogens is 248 g/mol. The third-order valence-corrected chi connectivity index (χ3v) is 3.92. The van der Waals surface area contributed by atoms with E-state index in [0.717, 1.165) is 36.8 Å². The second-order valence-electron chi connectivity index (χ2n) is 5.06. The molecule has 4 heteroatoms. The second-order valence-corrected chi connectivity index (χ2v) is 5.46. The molecule has 0 aliphatic carbocycles. The number of piperidine rings is 1. The van der Waals surface area contributed by atoms with E-state index in [1.54, 1.807) is 0 Å². The molecule has 0 amide bonds. The van der Waals surface area contributed by atoms with E-state index in [2.05, 4.69) is 23.2 Å². The van der Waals surface area contributed by atoms with Crippen molar-refractivity contribution in [2.45, 2.75) is 26.0 Å². The van der Waals surface area contributed by atoms with Crippen LogP contribution < -0.4 is 10.2 Å². The first kappa shape index (κ1) is 13.7. The third kappa shape index (κ3) is 2.79. The highest BCUT2D eigenvalue weighted by molar-refractivity contribution is 6.33. The largest absolute Gasteiger partial charge is 0.393 e. The Morgan fingerprint density at radius 1 is 1.50 bits per heavy atom. The van der Waals surface area contributed by atoms with Gasteiger partial charge < -0.3 is 15.3 Å². The van der Waals surface area contributed by atoms with Crippen LogP contribution in [0.25, 0.3) is 0 Å². The van der Waals surface area contributed by atoms with Crippen LogP contribution in [0.1, 0.15) is 18.9 Å². The van der Waals surface area contributed by atoms with Crippen LogP contribution in [0, 0.1) is 5.92 Å². The number of para-hydroxylation sites is 1. The van der Waals surface area contributed by atoms with Gasteiger partial charge in [0.25, 0.3) is 0 Å². The monoisotopic (exact) mass is 268 g/mol. The fourth-order valence-electron chi connectivity index (χ4n) is 2.58. The fraction of sp³-hybridized carbons (Fsp3) is 0.571. The van der Waals surface area contributed by atoms with Gasteiger partial charge in [-0.25, -0.2) is 0 Å². The van der Waals surface area contributed by atoms with Gasteiger partial charge in [-0.3, -0.25) is 0 Å². The molecule has 2 N–H and O–H groups in total. The minimum atomic E-state index is -0.184. The summed E-state index contributed by atoms with van der Waals surface area (Å²) in [6, 6.07) is 6.03. The second kappa shape index (κ2) is 5.91. The maximum Gasteiger partial charge on any atom is 0.0642 e. The van der Waals surface area contributed by atoms with Crippen LogP contribution in [0.2, 0.25) is 5.02 Å². The molecule has 3 nitrogen and oxygen atoms in total. The maximum absolute atomic E-state index is 9.81. The van der Waals surface area contributed by atoms with Gasteiger partial charge in [-0.2, -0.15) is 0 Å². The summed E-state index contributed by atoms with van der Waals surface area (Å²) in [7, 11) is 1.94. The Bertz CT molecular complexity index is 411. The summed E-state index contributed by atoms with van der Waals surface area (Å²) in [5.74, 6) is 0.289. The number of nitrogens with one attached hydrogen (secondary N) is 1. The topological polar surface area (TPSA) is 35.5 Å². The van der Waals surface area contributed by atoms with Gasteiger partial charge in [0, 0.05) is 19.6 Å². The van der Waals surface area contributed by atoms with Crippen molar-refractivity contribution in [3.05, 3.63) is 28.8 Å². The van der Waals surface area contributed by atoms with E-state index in [9.17, 15) is 5.11 Å². The molecule has 1 aliphatic rings. The van der Waals surface area contributed by atoms with E-state index in [0.29, 0.717) is 0 Å². The molecule has 18 heavy (non-hydrogen) atoms. The van der Waals surface area contributed by atoms with Crippen LogP contribution in [0.4, 0.5) is 5.69 Å². The van der Waals surface area contributed by atoms with Crippen molar-refractivity contribution in [2.24, 2.45) is 5.92 Å². The Labute approximate surface area is 114 Å². The van der Waals surface area contributed by atoms with E-state index in [-0.39, 0.29) is 12.0 Å². The number of hydrogen-bond acceptors (Lipinski definition) is 3. The standard InChI is InChI=1S/C14H21ClN2O/c1-10-9-17(7-6-13(10)18)14-11(8-16-2)4-3-5-12(14)15/h3-5,10,13,16,18H,6-9H2,1-2H3. The van der Waals surface area contributed by atoms with Crippen LogP contribution in [0.5, 0.6) is 0 Å². The Kier molecular flexibility index (Phi) is 4.49. The number of anilines is 1. The fourth-order valence-corrected chi connectivity index (χ4v) is 2.90. The summed E-state index contributed by atoms with van der Waals surface area (Å²) in [5.41, 5.74) is 2.33. The molecular formula is C14H21ClN2O. The van der Waals surface area contributed by atoms with Gasteiger partial charge in [0.1, 0.15) is 0 Å². The van der Waals surface area contributed by atoms with Gasteiger partial charge in [0.05, 0.1) is 16.8 Å². The molecule has 2 unspecified atom stereocenters. The predicted octanol–water partition coefficient (Wildman–Crippen LogP) is 2.27. The normalized spacial score (nSPS) is 24.3. The van der Waals surface area contributed by atoms with Crippen molar-refractivity contribution in [1.29, 1.82) is 0 Å². The molecule has 1 fully saturated rings. The first-order valence-electron chi connectivity index (χ1n) is 6.48. The first-order valence-corrected chi connectivity index (χ1v) is 6.86. The van der Waals surface area contributed by atoms with Crippen molar-refractivity contribution in [3.63, 3.8) is 0 Å². The van der Waals surface area contributed by atoms with Crippen molar-refractivity contribution >= 4 is 17.3 Å². The SMILES string of the molecule is CNCc1cccc(Cl)c1N1CCC(O)C(C)C1. The highest BCUT2D eigenvalue weighted by atomic mass is 35.5. The first-order chi connectivity index (χ1) is 8.63. The zero-order valence-corrected chi connectivity index (χ0v) is 11.7. The summed E-state index contributed by atoms with van der Waals surface area (Å²) in [6.45, 7) is 4.63. The van der Waals surface area contributed by atoms with Crippen LogP contribution >= 0.6 is 11.6 Å². The van der Waals surface area contributed by atoms with E-state index in [1.165, 1.54) is 5.56 Å². The molecule has 0 bridgehead atoms. The highest BCUT2D eigenvalue weighted by Gasteiger charge is 2.26. The summed E-state index contributed by atoms with van der Waals surface area (Å²) < 4.78 is 0. The highest BCUT2D eigenvalue weighted by Crippen LogP contribution is 2.33. The smallest absolute Gasteiger partial charge is 0.0642 e. The van der Waals surface area contributed by atoms with Crippen molar-refractivity contribution in [2.75, 3.05) is 25.0 Å². The van der Waals surface area contributed by atoms with Gasteiger partial charge in [-0.15, -0.1) is 0 Å². The van der Waals surface area contributed by atoms with Crippen molar-refractivity contribution in [3.8, 4) is 0 Å². The molecule has 0 radical (unpaired) electrons. The lowest BCUT2D eigenvalue weighted by molar-refractivity contribution is 0.0970. The lowest BCUT2D eigenvalue weighted by atomic mass is 9.95. The van der Waals surface area contributed by atoms with Crippen LogP contribution in [0.15, 0.2) is 18.2 Å². The molecule has 0 aromatic heterocycles. The van der Waals surface area contributed by atoms with Crippen molar-refractivity contribution in [1.82, 2.24) is 5.32 Å². The van der Waals surface area contributed by atoms with Crippen LogP contribution in [-0.2, 0) is 6.54 Å². The minimum absolute atomic E-state index is 0.184. The Morgan fingerprint density at radius 2 is 2.28 bits per heavy atom. The molecule has 2 atom stereocenters. The van der Waals surface area contributed by atoms with Crippen molar-refractivity contribution < 1.29 is 5.11 Å². The van der Waals surface area contributed by atoms with E-state index >= 15 is 0 Å². The molecule has 1 aromatic rings. The summed E-state index contributed by atoms with van der Waals surface area (Å²) in [4.78, 5) is 2.30. The molecule has 1 aliphatic heterocycles.